The number of carbonyl (C=O) groups is 1. The van der Waals surface area contributed by atoms with Crippen molar-refractivity contribution in [2.75, 3.05) is 7.11 Å². The Hall–Kier alpha value is -1.88. The number of aromatic carboxylic acids is 1. The van der Waals surface area contributed by atoms with Gasteiger partial charge in [-0.2, -0.15) is 0 Å². The third-order valence-corrected chi connectivity index (χ3v) is 3.39. The number of aromatic nitrogens is 2. The average molecular weight is 276 g/mol. The van der Waals surface area contributed by atoms with Crippen LogP contribution in [-0.2, 0) is 11.3 Å². The second-order valence-electron chi connectivity index (χ2n) is 5.26. The first-order valence-corrected chi connectivity index (χ1v) is 6.71. The number of hydrogen-bond acceptors (Lipinski definition) is 3. The van der Waals surface area contributed by atoms with E-state index in [0.29, 0.717) is 12.1 Å². The Labute approximate surface area is 118 Å². The van der Waals surface area contributed by atoms with Gasteiger partial charge < -0.3 is 14.4 Å². The van der Waals surface area contributed by atoms with Gasteiger partial charge in [-0.3, -0.25) is 0 Å². The zero-order chi connectivity index (χ0) is 14.9. The zero-order valence-corrected chi connectivity index (χ0v) is 12.3. The highest BCUT2D eigenvalue weighted by Gasteiger charge is 2.20. The summed E-state index contributed by atoms with van der Waals surface area (Å²) in [5, 5.41) is 9.37. The fourth-order valence-electron chi connectivity index (χ4n) is 2.33. The predicted molar refractivity (Wildman–Crippen MR) is 77.3 cm³/mol. The summed E-state index contributed by atoms with van der Waals surface area (Å²) in [5.74, 6) is 0.169. The number of para-hydroxylation sites is 1. The highest BCUT2D eigenvalue weighted by molar-refractivity contribution is 6.01. The highest BCUT2D eigenvalue weighted by atomic mass is 16.5. The number of carboxylic acids is 1. The van der Waals surface area contributed by atoms with Crippen molar-refractivity contribution >= 4 is 17.0 Å². The molecular weight excluding hydrogens is 256 g/mol. The van der Waals surface area contributed by atoms with E-state index < -0.39 is 5.97 Å². The average Bonchev–Trinajstić information content (AvgIpc) is 2.77. The summed E-state index contributed by atoms with van der Waals surface area (Å²) in [6, 6.07) is 5.19. The number of ether oxygens (including phenoxy) is 1. The molecule has 2 rings (SSSR count). The molecule has 108 valence electrons. The molecule has 20 heavy (non-hydrogen) atoms. The third-order valence-electron chi connectivity index (χ3n) is 3.39. The molecule has 0 aliphatic carbocycles. The van der Waals surface area contributed by atoms with Crippen molar-refractivity contribution in [3.8, 4) is 0 Å². The van der Waals surface area contributed by atoms with Crippen LogP contribution in [0, 0.1) is 0 Å². The largest absolute Gasteiger partial charge is 0.478 e. The van der Waals surface area contributed by atoms with Gasteiger partial charge in [-0.15, -0.1) is 0 Å². The van der Waals surface area contributed by atoms with Gasteiger partial charge in [0.1, 0.15) is 5.82 Å². The number of nitrogens with zero attached hydrogens (tertiary/aromatic N) is 2. The normalized spacial score (nSPS) is 13.1. The molecule has 1 atom stereocenters. The summed E-state index contributed by atoms with van der Waals surface area (Å²) in [7, 11) is 1.65. The first kappa shape index (κ1) is 14.5. The van der Waals surface area contributed by atoms with Crippen LogP contribution in [0.4, 0.5) is 0 Å². The second kappa shape index (κ2) is 5.63. The number of methoxy groups -OCH3 is 1. The maximum atomic E-state index is 11.4. The Morgan fingerprint density at radius 2 is 2.10 bits per heavy atom. The Balaban J connectivity index is 2.71. The van der Waals surface area contributed by atoms with E-state index in [0.717, 1.165) is 11.3 Å². The van der Waals surface area contributed by atoms with E-state index in [9.17, 15) is 9.90 Å². The molecule has 1 unspecified atom stereocenters. The lowest BCUT2D eigenvalue weighted by atomic mass is 10.1. The molecule has 0 aliphatic heterocycles. The monoisotopic (exact) mass is 276 g/mol. The Morgan fingerprint density at radius 1 is 1.40 bits per heavy atom. The molecule has 0 amide bonds. The predicted octanol–water partition coefficient (Wildman–Crippen LogP) is 2.89. The lowest BCUT2D eigenvalue weighted by Crippen LogP contribution is -2.18. The van der Waals surface area contributed by atoms with E-state index in [1.807, 2.05) is 17.6 Å². The van der Waals surface area contributed by atoms with Crippen LogP contribution < -0.4 is 0 Å². The van der Waals surface area contributed by atoms with E-state index in [-0.39, 0.29) is 17.6 Å². The summed E-state index contributed by atoms with van der Waals surface area (Å²) in [5.41, 5.74) is 1.68. The van der Waals surface area contributed by atoms with Crippen LogP contribution in [0.5, 0.6) is 0 Å². The van der Waals surface area contributed by atoms with E-state index >= 15 is 0 Å². The Morgan fingerprint density at radius 3 is 2.65 bits per heavy atom. The van der Waals surface area contributed by atoms with Crippen molar-refractivity contribution in [2.24, 2.45) is 0 Å². The van der Waals surface area contributed by atoms with Gasteiger partial charge in [0.15, 0.2) is 0 Å². The lowest BCUT2D eigenvalue weighted by molar-refractivity contribution is 0.0697. The van der Waals surface area contributed by atoms with Crippen LogP contribution in [0.15, 0.2) is 18.2 Å². The molecule has 0 aliphatic rings. The minimum Gasteiger partial charge on any atom is -0.478 e. The maximum absolute atomic E-state index is 11.4. The SMILES string of the molecule is COC(C)Cn1c(C(C)C)nc2cccc(C(=O)O)c21. The minimum atomic E-state index is -0.933. The number of benzene rings is 1. The van der Waals surface area contributed by atoms with Gasteiger partial charge >= 0.3 is 5.97 Å². The number of carboxylic acid groups (broad SMARTS) is 1. The van der Waals surface area contributed by atoms with Crippen LogP contribution in [0.3, 0.4) is 0 Å². The summed E-state index contributed by atoms with van der Waals surface area (Å²) < 4.78 is 7.28. The van der Waals surface area contributed by atoms with Crippen molar-refractivity contribution in [1.82, 2.24) is 9.55 Å². The van der Waals surface area contributed by atoms with Crippen molar-refractivity contribution in [2.45, 2.75) is 39.3 Å². The van der Waals surface area contributed by atoms with Gasteiger partial charge in [-0.05, 0) is 19.1 Å². The van der Waals surface area contributed by atoms with Crippen molar-refractivity contribution < 1.29 is 14.6 Å². The Bertz CT molecular complexity index is 631. The smallest absolute Gasteiger partial charge is 0.337 e. The summed E-state index contributed by atoms with van der Waals surface area (Å²) in [6.45, 7) is 6.65. The molecule has 0 saturated carbocycles. The van der Waals surface area contributed by atoms with Gasteiger partial charge in [0.05, 0.1) is 29.2 Å². The van der Waals surface area contributed by atoms with Crippen molar-refractivity contribution in [1.29, 1.82) is 0 Å². The van der Waals surface area contributed by atoms with Crippen LogP contribution in [-0.4, -0.2) is 33.8 Å². The van der Waals surface area contributed by atoms with Gasteiger partial charge in [-0.1, -0.05) is 19.9 Å². The van der Waals surface area contributed by atoms with Crippen LogP contribution >= 0.6 is 0 Å². The fraction of sp³-hybridized carbons (Fsp3) is 0.467. The molecule has 0 fully saturated rings. The molecule has 0 radical (unpaired) electrons. The Kier molecular flexibility index (Phi) is 4.09. The summed E-state index contributed by atoms with van der Waals surface area (Å²) in [6.07, 6.45) is -0.00764. The molecule has 1 aromatic heterocycles. The molecule has 5 heteroatoms. The van der Waals surface area contributed by atoms with E-state index in [2.05, 4.69) is 18.8 Å². The summed E-state index contributed by atoms with van der Waals surface area (Å²) in [4.78, 5) is 16.0. The van der Waals surface area contributed by atoms with Crippen LogP contribution in [0.25, 0.3) is 11.0 Å². The molecule has 1 N–H and O–H groups in total. The van der Waals surface area contributed by atoms with Crippen LogP contribution in [0.2, 0.25) is 0 Å². The zero-order valence-electron chi connectivity index (χ0n) is 12.3. The first-order valence-electron chi connectivity index (χ1n) is 6.71. The van der Waals surface area contributed by atoms with E-state index in [1.54, 1.807) is 19.2 Å². The topological polar surface area (TPSA) is 64.4 Å². The fourth-order valence-corrected chi connectivity index (χ4v) is 2.33. The molecular formula is C15H20N2O3. The minimum absolute atomic E-state index is 0.00764. The highest BCUT2D eigenvalue weighted by Crippen LogP contribution is 2.25. The van der Waals surface area contributed by atoms with Gasteiger partial charge in [0.2, 0.25) is 0 Å². The van der Waals surface area contributed by atoms with Crippen molar-refractivity contribution in [3.05, 3.63) is 29.6 Å². The van der Waals surface area contributed by atoms with E-state index in [1.165, 1.54) is 0 Å². The first-order chi connectivity index (χ1) is 9.45. The van der Waals surface area contributed by atoms with Crippen LogP contribution in [0.1, 0.15) is 42.9 Å². The number of fused-ring (bicyclic) bond motifs is 1. The van der Waals surface area contributed by atoms with E-state index in [4.69, 9.17) is 4.74 Å². The second-order valence-corrected chi connectivity index (χ2v) is 5.26. The van der Waals surface area contributed by atoms with Crippen molar-refractivity contribution in [3.63, 3.8) is 0 Å². The lowest BCUT2D eigenvalue weighted by Gasteiger charge is -2.16. The maximum Gasteiger partial charge on any atom is 0.337 e. The molecule has 0 spiro atoms. The molecule has 1 aromatic carbocycles. The van der Waals surface area contributed by atoms with Gasteiger partial charge in [-0.25, -0.2) is 9.78 Å². The summed E-state index contributed by atoms with van der Waals surface area (Å²) >= 11 is 0. The number of hydrogen-bond donors (Lipinski definition) is 1. The molecule has 2 aromatic rings. The number of imidazole rings is 1. The molecule has 5 nitrogen and oxygen atoms in total. The molecule has 0 saturated heterocycles. The van der Waals surface area contributed by atoms with Gasteiger partial charge in [0.25, 0.3) is 0 Å². The molecule has 0 bridgehead atoms. The standard InChI is InChI=1S/C15H20N2O3/c1-9(2)14-16-12-7-5-6-11(15(18)19)13(12)17(14)8-10(3)20-4/h5-7,9-10H,8H2,1-4H3,(H,18,19). The quantitative estimate of drug-likeness (QED) is 0.912. The number of rotatable bonds is 5. The third kappa shape index (κ3) is 2.54. The van der Waals surface area contributed by atoms with Gasteiger partial charge in [0, 0.05) is 13.0 Å². The molecule has 1 heterocycles.